The molecule has 3 aromatic rings. The lowest BCUT2D eigenvalue weighted by Crippen LogP contribution is -2.08. The number of carbonyl (C=O) groups excluding carboxylic acids is 1. The highest BCUT2D eigenvalue weighted by Crippen LogP contribution is 2.23. The molecule has 0 unspecified atom stereocenters. The van der Waals surface area contributed by atoms with Gasteiger partial charge in [-0.2, -0.15) is 0 Å². The van der Waals surface area contributed by atoms with Gasteiger partial charge >= 0.3 is 0 Å². The van der Waals surface area contributed by atoms with Crippen molar-refractivity contribution in [3.05, 3.63) is 47.5 Å². The Morgan fingerprint density at radius 2 is 2.24 bits per heavy atom. The van der Waals surface area contributed by atoms with Crippen LogP contribution in [0.15, 0.2) is 36.1 Å². The van der Waals surface area contributed by atoms with E-state index in [0.29, 0.717) is 11.4 Å². The van der Waals surface area contributed by atoms with Crippen molar-refractivity contribution in [2.45, 2.75) is 0 Å². The molecule has 5 heteroatoms. The maximum atomic E-state index is 12.3. The first kappa shape index (κ1) is 10.2. The number of rotatable bonds is 2. The average molecular weight is 243 g/mol. The Labute approximate surface area is 102 Å². The molecule has 0 aliphatic heterocycles. The van der Waals surface area contributed by atoms with Gasteiger partial charge in [-0.25, -0.2) is 9.97 Å². The second-order valence-corrected chi connectivity index (χ2v) is 4.55. The van der Waals surface area contributed by atoms with Gasteiger partial charge in [0, 0.05) is 25.0 Å². The standard InChI is InChI=1S/C12H9N3OS/c1-15-6-5-13-12(15)10(16)8-3-2-4-9-11(8)17-7-14-9/h2-7H,1H3. The molecule has 1 aromatic carbocycles. The average Bonchev–Trinajstić information content (AvgIpc) is 2.95. The topological polar surface area (TPSA) is 47.8 Å². The molecular weight excluding hydrogens is 234 g/mol. The Balaban J connectivity index is 2.19. The van der Waals surface area contributed by atoms with Crippen molar-refractivity contribution in [1.82, 2.24) is 14.5 Å². The molecule has 3 rings (SSSR count). The molecule has 84 valence electrons. The zero-order valence-corrected chi connectivity index (χ0v) is 9.94. The van der Waals surface area contributed by atoms with E-state index in [0.717, 1.165) is 10.2 Å². The summed E-state index contributed by atoms with van der Waals surface area (Å²) in [4.78, 5) is 20.6. The third kappa shape index (κ3) is 1.55. The molecule has 0 saturated carbocycles. The van der Waals surface area contributed by atoms with Crippen LogP contribution >= 0.6 is 11.3 Å². The van der Waals surface area contributed by atoms with E-state index in [2.05, 4.69) is 9.97 Å². The van der Waals surface area contributed by atoms with Crippen LogP contribution in [0.3, 0.4) is 0 Å². The molecule has 0 atom stereocenters. The normalized spacial score (nSPS) is 10.9. The summed E-state index contributed by atoms with van der Waals surface area (Å²) in [5.74, 6) is 0.387. The maximum Gasteiger partial charge on any atom is 0.229 e. The molecule has 0 bridgehead atoms. The van der Waals surface area contributed by atoms with Crippen LogP contribution in [0.4, 0.5) is 0 Å². The van der Waals surface area contributed by atoms with Crippen LogP contribution in [-0.4, -0.2) is 20.3 Å². The summed E-state index contributed by atoms with van der Waals surface area (Å²) in [6.45, 7) is 0. The van der Waals surface area contributed by atoms with Crippen molar-refractivity contribution < 1.29 is 4.79 Å². The van der Waals surface area contributed by atoms with E-state index in [1.54, 1.807) is 22.5 Å². The summed E-state index contributed by atoms with van der Waals surface area (Å²) >= 11 is 1.48. The van der Waals surface area contributed by atoms with Crippen molar-refractivity contribution in [2.24, 2.45) is 7.05 Å². The highest BCUT2D eigenvalue weighted by atomic mass is 32.1. The van der Waals surface area contributed by atoms with Gasteiger partial charge in [-0.1, -0.05) is 6.07 Å². The first-order chi connectivity index (χ1) is 8.27. The Kier molecular flexibility index (Phi) is 2.26. The number of ketones is 1. The first-order valence-electron chi connectivity index (χ1n) is 5.11. The summed E-state index contributed by atoms with van der Waals surface area (Å²) in [7, 11) is 1.81. The Morgan fingerprint density at radius 1 is 1.35 bits per heavy atom. The number of hydrogen-bond acceptors (Lipinski definition) is 4. The monoisotopic (exact) mass is 243 g/mol. The molecule has 2 aromatic heterocycles. The van der Waals surface area contributed by atoms with Gasteiger partial charge in [-0.05, 0) is 12.1 Å². The van der Waals surface area contributed by atoms with Gasteiger partial charge in [0.15, 0.2) is 5.82 Å². The minimum Gasteiger partial charge on any atom is -0.331 e. The molecule has 0 amide bonds. The third-order valence-corrected chi connectivity index (χ3v) is 3.50. The predicted octanol–water partition coefficient (Wildman–Crippen LogP) is 2.26. The number of nitrogens with zero attached hydrogens (tertiary/aromatic N) is 3. The SMILES string of the molecule is Cn1ccnc1C(=O)c1cccc2ncsc12. The molecule has 0 aliphatic rings. The minimum absolute atomic E-state index is 0.0626. The molecule has 0 radical (unpaired) electrons. The molecule has 0 fully saturated rings. The summed E-state index contributed by atoms with van der Waals surface area (Å²) in [5, 5.41) is 0. The van der Waals surface area contributed by atoms with E-state index in [9.17, 15) is 4.79 Å². The van der Waals surface area contributed by atoms with Crippen LogP contribution in [-0.2, 0) is 7.05 Å². The number of benzene rings is 1. The van der Waals surface area contributed by atoms with Gasteiger partial charge in [0.25, 0.3) is 0 Å². The Hall–Kier alpha value is -2.01. The molecule has 4 nitrogen and oxygen atoms in total. The number of aromatic nitrogens is 3. The highest BCUT2D eigenvalue weighted by molar-refractivity contribution is 7.17. The van der Waals surface area contributed by atoms with E-state index >= 15 is 0 Å². The summed E-state index contributed by atoms with van der Waals surface area (Å²) < 4.78 is 2.64. The van der Waals surface area contributed by atoms with Gasteiger partial charge in [0.2, 0.25) is 5.78 Å². The minimum atomic E-state index is -0.0626. The number of carbonyl (C=O) groups is 1. The van der Waals surface area contributed by atoms with Crippen molar-refractivity contribution >= 4 is 27.3 Å². The predicted molar refractivity (Wildman–Crippen MR) is 66.3 cm³/mol. The van der Waals surface area contributed by atoms with Crippen LogP contribution in [0.25, 0.3) is 10.2 Å². The van der Waals surface area contributed by atoms with Crippen LogP contribution < -0.4 is 0 Å². The fourth-order valence-corrected chi connectivity index (χ4v) is 2.57. The second kappa shape index (κ2) is 3.78. The number of fused-ring (bicyclic) bond motifs is 1. The van der Waals surface area contributed by atoms with Crippen molar-refractivity contribution in [1.29, 1.82) is 0 Å². The number of thiazole rings is 1. The van der Waals surface area contributed by atoms with E-state index in [1.807, 2.05) is 25.2 Å². The highest BCUT2D eigenvalue weighted by Gasteiger charge is 2.17. The fraction of sp³-hybridized carbons (Fsp3) is 0.0833. The van der Waals surface area contributed by atoms with E-state index in [4.69, 9.17) is 0 Å². The number of imidazole rings is 1. The van der Waals surface area contributed by atoms with Gasteiger partial charge in [-0.15, -0.1) is 11.3 Å². The molecule has 0 saturated heterocycles. The Morgan fingerprint density at radius 3 is 3.00 bits per heavy atom. The van der Waals surface area contributed by atoms with Crippen molar-refractivity contribution in [3.8, 4) is 0 Å². The summed E-state index contributed by atoms with van der Waals surface area (Å²) in [5.41, 5.74) is 3.27. The van der Waals surface area contributed by atoms with Crippen molar-refractivity contribution in [2.75, 3.05) is 0 Å². The largest absolute Gasteiger partial charge is 0.331 e. The lowest BCUT2D eigenvalue weighted by Gasteiger charge is -2.01. The molecule has 2 heterocycles. The summed E-state index contributed by atoms with van der Waals surface area (Å²) in [6.07, 6.45) is 3.39. The quantitative estimate of drug-likeness (QED) is 0.649. The van der Waals surface area contributed by atoms with Gasteiger partial charge in [-0.3, -0.25) is 4.79 Å². The summed E-state index contributed by atoms with van der Waals surface area (Å²) in [6, 6.07) is 5.57. The van der Waals surface area contributed by atoms with Crippen LogP contribution in [0.2, 0.25) is 0 Å². The molecule has 0 spiro atoms. The van der Waals surface area contributed by atoms with E-state index < -0.39 is 0 Å². The first-order valence-corrected chi connectivity index (χ1v) is 5.99. The smallest absolute Gasteiger partial charge is 0.229 e. The molecular formula is C12H9N3OS. The Bertz CT molecular complexity index is 698. The van der Waals surface area contributed by atoms with Crippen LogP contribution in [0, 0.1) is 0 Å². The van der Waals surface area contributed by atoms with Gasteiger partial charge < -0.3 is 4.57 Å². The molecule has 17 heavy (non-hydrogen) atoms. The van der Waals surface area contributed by atoms with Crippen LogP contribution in [0.1, 0.15) is 16.2 Å². The van der Waals surface area contributed by atoms with E-state index in [-0.39, 0.29) is 5.78 Å². The molecule has 0 aliphatic carbocycles. The number of hydrogen-bond donors (Lipinski definition) is 0. The van der Waals surface area contributed by atoms with E-state index in [1.165, 1.54) is 11.3 Å². The number of aryl methyl sites for hydroxylation is 1. The van der Waals surface area contributed by atoms with Gasteiger partial charge in [0.05, 0.1) is 15.7 Å². The van der Waals surface area contributed by atoms with Crippen molar-refractivity contribution in [3.63, 3.8) is 0 Å². The van der Waals surface area contributed by atoms with Gasteiger partial charge in [0.1, 0.15) is 0 Å². The lowest BCUT2D eigenvalue weighted by molar-refractivity contribution is 0.102. The third-order valence-electron chi connectivity index (χ3n) is 2.63. The zero-order chi connectivity index (χ0) is 11.8. The molecule has 0 N–H and O–H groups in total. The maximum absolute atomic E-state index is 12.3. The lowest BCUT2D eigenvalue weighted by atomic mass is 10.1. The fourth-order valence-electron chi connectivity index (χ4n) is 1.77. The zero-order valence-electron chi connectivity index (χ0n) is 9.12. The second-order valence-electron chi connectivity index (χ2n) is 3.70. The van der Waals surface area contributed by atoms with Crippen LogP contribution in [0.5, 0.6) is 0 Å².